The number of rotatable bonds is 7. The minimum Gasteiger partial charge on any atom is -0.0622 e. The average molecular weight is 363 g/mol. The van der Waals surface area contributed by atoms with Gasteiger partial charge in [-0.25, -0.2) is 0 Å². The maximum atomic E-state index is 2.27. The molecule has 0 heteroatoms. The number of aryl methyl sites for hydroxylation is 4. The highest BCUT2D eigenvalue weighted by Gasteiger charge is 2.01. The van der Waals surface area contributed by atoms with E-state index in [9.17, 15) is 0 Å². The van der Waals surface area contributed by atoms with E-state index >= 15 is 0 Å². The normalized spacial score (nSPS) is 10.7. The van der Waals surface area contributed by atoms with E-state index < -0.39 is 0 Å². The molecule has 4 rings (SSSR count). The molecule has 0 fully saturated rings. The molecule has 0 unspecified atom stereocenters. The maximum absolute atomic E-state index is 2.27. The molecule has 0 amide bonds. The van der Waals surface area contributed by atoms with Crippen LogP contribution < -0.4 is 0 Å². The van der Waals surface area contributed by atoms with Crippen LogP contribution in [0.3, 0.4) is 0 Å². The summed E-state index contributed by atoms with van der Waals surface area (Å²) in [4.78, 5) is 0. The van der Waals surface area contributed by atoms with Crippen molar-refractivity contribution in [1.82, 2.24) is 0 Å². The van der Waals surface area contributed by atoms with Gasteiger partial charge in [0.15, 0.2) is 0 Å². The van der Waals surface area contributed by atoms with Crippen molar-refractivity contribution in [3.63, 3.8) is 0 Å². The third kappa shape index (κ3) is 4.98. The van der Waals surface area contributed by atoms with E-state index in [1.54, 1.807) is 0 Å². The van der Waals surface area contributed by atoms with E-state index in [1.807, 2.05) is 0 Å². The fraction of sp³-hybridized carbons (Fsp3) is 0.143. The van der Waals surface area contributed by atoms with E-state index in [0.717, 1.165) is 25.7 Å². The van der Waals surface area contributed by atoms with E-state index in [2.05, 4.69) is 109 Å². The molecule has 0 aliphatic rings. The van der Waals surface area contributed by atoms with Gasteiger partial charge in [0.2, 0.25) is 0 Å². The zero-order valence-corrected chi connectivity index (χ0v) is 16.2. The molecule has 0 spiro atoms. The summed E-state index contributed by atoms with van der Waals surface area (Å²) in [6.45, 7) is 0. The summed E-state index contributed by atoms with van der Waals surface area (Å²) < 4.78 is 0. The first kappa shape index (κ1) is 18.3. The zero-order chi connectivity index (χ0) is 19.0. The summed E-state index contributed by atoms with van der Waals surface area (Å²) in [6, 6.07) is 39.5. The molecular weight excluding hydrogens is 336 g/mol. The van der Waals surface area contributed by atoms with Crippen LogP contribution in [0.25, 0.3) is 11.1 Å². The van der Waals surface area contributed by atoms with Gasteiger partial charge in [0, 0.05) is 0 Å². The smallest absolute Gasteiger partial charge is 0.0184 e. The highest BCUT2D eigenvalue weighted by molar-refractivity contribution is 5.64. The molecule has 0 heterocycles. The predicted octanol–water partition coefficient (Wildman–Crippen LogP) is 6.92. The van der Waals surface area contributed by atoms with Crippen molar-refractivity contribution in [1.29, 1.82) is 0 Å². The van der Waals surface area contributed by atoms with Crippen molar-refractivity contribution in [3.8, 4) is 11.1 Å². The fourth-order valence-corrected chi connectivity index (χ4v) is 3.59. The Kier molecular flexibility index (Phi) is 5.99. The number of benzene rings is 4. The van der Waals surface area contributed by atoms with Crippen LogP contribution in [0, 0.1) is 0 Å². The largest absolute Gasteiger partial charge is 0.0622 e. The molecule has 4 aromatic rings. The van der Waals surface area contributed by atoms with Crippen LogP contribution >= 0.6 is 0 Å². The van der Waals surface area contributed by atoms with Crippen molar-refractivity contribution in [3.05, 3.63) is 131 Å². The van der Waals surface area contributed by atoms with Gasteiger partial charge in [-0.15, -0.1) is 0 Å². The highest BCUT2D eigenvalue weighted by atomic mass is 14.1. The summed E-state index contributed by atoms with van der Waals surface area (Å²) in [5.74, 6) is 0. The first-order valence-electron chi connectivity index (χ1n) is 10.1. The van der Waals surface area contributed by atoms with Crippen LogP contribution in [0.4, 0.5) is 0 Å². The summed E-state index contributed by atoms with van der Waals surface area (Å²) in [6.07, 6.45) is 4.36. The van der Waals surface area contributed by atoms with Gasteiger partial charge in [-0.05, 0) is 59.1 Å². The van der Waals surface area contributed by atoms with Gasteiger partial charge in [0.25, 0.3) is 0 Å². The molecule has 4 aromatic carbocycles. The van der Waals surface area contributed by atoms with Crippen LogP contribution in [0.2, 0.25) is 0 Å². The topological polar surface area (TPSA) is 0 Å². The fourth-order valence-electron chi connectivity index (χ4n) is 3.59. The van der Waals surface area contributed by atoms with E-state index in [0.29, 0.717) is 0 Å². The zero-order valence-electron chi connectivity index (χ0n) is 16.2. The van der Waals surface area contributed by atoms with Gasteiger partial charge in [-0.1, -0.05) is 109 Å². The molecular formula is C28H26. The van der Waals surface area contributed by atoms with Crippen LogP contribution in [0.15, 0.2) is 109 Å². The molecule has 138 valence electrons. The van der Waals surface area contributed by atoms with Crippen LogP contribution in [-0.2, 0) is 25.7 Å². The lowest BCUT2D eigenvalue weighted by Crippen LogP contribution is -1.92. The Bertz CT molecular complexity index is 881. The van der Waals surface area contributed by atoms with Gasteiger partial charge in [0.1, 0.15) is 0 Å². The predicted molar refractivity (Wildman–Crippen MR) is 120 cm³/mol. The molecule has 0 aliphatic heterocycles. The van der Waals surface area contributed by atoms with Crippen molar-refractivity contribution in [2.45, 2.75) is 25.7 Å². The Balaban J connectivity index is 1.34. The van der Waals surface area contributed by atoms with Gasteiger partial charge in [-0.3, -0.25) is 0 Å². The second-order valence-electron chi connectivity index (χ2n) is 7.37. The van der Waals surface area contributed by atoms with Crippen LogP contribution in [-0.4, -0.2) is 0 Å². The standard InChI is InChI=1S/C28H26/c1-3-7-23(8-4-1)11-13-25-15-19-27(20-16-25)28-21-17-26(18-22-28)14-12-24-9-5-2-6-10-24/h1-10,15-22H,11-14H2. The lowest BCUT2D eigenvalue weighted by atomic mass is 9.98. The Labute approximate surface area is 168 Å². The summed E-state index contributed by atoms with van der Waals surface area (Å²) in [7, 11) is 0. The molecule has 0 radical (unpaired) electrons. The second-order valence-corrected chi connectivity index (χ2v) is 7.37. The Hall–Kier alpha value is -3.12. The highest BCUT2D eigenvalue weighted by Crippen LogP contribution is 2.21. The van der Waals surface area contributed by atoms with Crippen molar-refractivity contribution < 1.29 is 0 Å². The minimum atomic E-state index is 1.09. The van der Waals surface area contributed by atoms with Gasteiger partial charge in [0.05, 0.1) is 0 Å². The molecule has 0 aliphatic carbocycles. The van der Waals surface area contributed by atoms with Crippen LogP contribution in [0.5, 0.6) is 0 Å². The third-order valence-corrected chi connectivity index (χ3v) is 5.33. The van der Waals surface area contributed by atoms with Gasteiger partial charge in [-0.2, -0.15) is 0 Å². The Morgan fingerprint density at radius 2 is 0.571 bits per heavy atom. The first-order valence-corrected chi connectivity index (χ1v) is 10.1. The van der Waals surface area contributed by atoms with E-state index in [1.165, 1.54) is 33.4 Å². The third-order valence-electron chi connectivity index (χ3n) is 5.33. The first-order chi connectivity index (χ1) is 13.9. The molecule has 0 atom stereocenters. The van der Waals surface area contributed by atoms with Gasteiger partial charge < -0.3 is 0 Å². The molecule has 28 heavy (non-hydrogen) atoms. The second kappa shape index (κ2) is 9.19. The molecule has 0 saturated carbocycles. The quantitative estimate of drug-likeness (QED) is 0.334. The maximum Gasteiger partial charge on any atom is -0.0184 e. The van der Waals surface area contributed by atoms with E-state index in [-0.39, 0.29) is 0 Å². The molecule has 0 bridgehead atoms. The van der Waals surface area contributed by atoms with Gasteiger partial charge >= 0.3 is 0 Å². The molecule has 0 aromatic heterocycles. The Morgan fingerprint density at radius 1 is 0.286 bits per heavy atom. The average Bonchev–Trinajstić information content (AvgIpc) is 2.78. The number of hydrogen-bond donors (Lipinski definition) is 0. The van der Waals surface area contributed by atoms with Crippen molar-refractivity contribution in [2.24, 2.45) is 0 Å². The lowest BCUT2D eigenvalue weighted by Gasteiger charge is -2.07. The van der Waals surface area contributed by atoms with E-state index in [4.69, 9.17) is 0 Å². The minimum absolute atomic E-state index is 1.09. The number of hydrogen-bond acceptors (Lipinski definition) is 0. The summed E-state index contributed by atoms with van der Waals surface area (Å²) in [5.41, 5.74) is 8.17. The van der Waals surface area contributed by atoms with Crippen molar-refractivity contribution in [2.75, 3.05) is 0 Å². The molecule has 0 saturated heterocycles. The summed E-state index contributed by atoms with van der Waals surface area (Å²) >= 11 is 0. The Morgan fingerprint density at radius 3 is 0.893 bits per heavy atom. The molecule has 0 nitrogen and oxygen atoms in total. The SMILES string of the molecule is c1ccc(CCc2ccc(-c3ccc(CCc4ccccc4)cc3)cc2)cc1. The lowest BCUT2D eigenvalue weighted by molar-refractivity contribution is 0.959. The van der Waals surface area contributed by atoms with Crippen LogP contribution in [0.1, 0.15) is 22.3 Å². The monoisotopic (exact) mass is 362 g/mol. The van der Waals surface area contributed by atoms with Crippen molar-refractivity contribution >= 4 is 0 Å². The molecule has 0 N–H and O–H groups in total. The summed E-state index contributed by atoms with van der Waals surface area (Å²) in [5, 5.41) is 0.